The van der Waals surface area contributed by atoms with Gasteiger partial charge in [0, 0.05) is 25.1 Å². The van der Waals surface area contributed by atoms with E-state index in [-0.39, 0.29) is 23.8 Å². The molecule has 2 heterocycles. The zero-order chi connectivity index (χ0) is 12.5. The van der Waals surface area contributed by atoms with Crippen molar-refractivity contribution in [3.63, 3.8) is 0 Å². The normalized spacial score (nSPS) is 32.1. The van der Waals surface area contributed by atoms with Crippen LogP contribution in [-0.4, -0.2) is 55.0 Å². The van der Waals surface area contributed by atoms with Gasteiger partial charge in [-0.2, -0.15) is 0 Å². The molecule has 0 aromatic rings. The van der Waals surface area contributed by atoms with E-state index in [2.05, 4.69) is 0 Å². The molecule has 1 N–H and O–H groups in total. The molecule has 6 nitrogen and oxygen atoms in total. The highest BCUT2D eigenvalue weighted by atomic mass is 16.5. The van der Waals surface area contributed by atoms with Crippen LogP contribution < -0.4 is 0 Å². The van der Waals surface area contributed by atoms with Crippen molar-refractivity contribution in [3.05, 3.63) is 0 Å². The minimum atomic E-state index is -0.983. The van der Waals surface area contributed by atoms with Crippen molar-refractivity contribution in [1.82, 2.24) is 4.90 Å². The molecule has 2 rings (SSSR count). The first-order valence-corrected chi connectivity index (χ1v) is 5.81. The predicted molar refractivity (Wildman–Crippen MR) is 57.6 cm³/mol. The molecule has 6 heteroatoms. The van der Waals surface area contributed by atoms with Gasteiger partial charge >= 0.3 is 12.1 Å². The number of esters is 1. The molecule has 0 bridgehead atoms. The SMILES string of the molecule is CCOC(=O)C1CN(C(=O)O)CC12CCOC2. The molecule has 2 saturated heterocycles. The van der Waals surface area contributed by atoms with Crippen molar-refractivity contribution in [2.75, 3.05) is 32.9 Å². The maximum atomic E-state index is 11.9. The number of hydrogen-bond donors (Lipinski definition) is 1. The van der Waals surface area contributed by atoms with Crippen LogP contribution in [0, 0.1) is 11.3 Å². The molecule has 0 aromatic carbocycles. The number of amides is 1. The Labute approximate surface area is 99.5 Å². The van der Waals surface area contributed by atoms with Gasteiger partial charge in [-0.05, 0) is 13.3 Å². The summed E-state index contributed by atoms with van der Waals surface area (Å²) in [6, 6.07) is 0. The number of ether oxygens (including phenoxy) is 2. The number of nitrogens with zero attached hydrogens (tertiary/aromatic N) is 1. The van der Waals surface area contributed by atoms with Crippen LogP contribution in [-0.2, 0) is 14.3 Å². The lowest BCUT2D eigenvalue weighted by molar-refractivity contribution is -0.151. The highest BCUT2D eigenvalue weighted by molar-refractivity contribution is 5.76. The Morgan fingerprint density at radius 1 is 1.59 bits per heavy atom. The summed E-state index contributed by atoms with van der Waals surface area (Å²) in [5, 5.41) is 9.02. The molecule has 2 atom stereocenters. The van der Waals surface area contributed by atoms with Crippen LogP contribution >= 0.6 is 0 Å². The van der Waals surface area contributed by atoms with Gasteiger partial charge in [-0.15, -0.1) is 0 Å². The molecule has 2 aliphatic rings. The topological polar surface area (TPSA) is 76.1 Å². The summed E-state index contributed by atoms with van der Waals surface area (Å²) in [5.41, 5.74) is -0.370. The van der Waals surface area contributed by atoms with Crippen molar-refractivity contribution >= 4 is 12.1 Å². The third kappa shape index (κ3) is 2.09. The number of likely N-dealkylation sites (tertiary alicyclic amines) is 1. The Morgan fingerprint density at radius 3 is 2.88 bits per heavy atom. The maximum Gasteiger partial charge on any atom is 0.407 e. The van der Waals surface area contributed by atoms with E-state index >= 15 is 0 Å². The van der Waals surface area contributed by atoms with Crippen LogP contribution in [0.5, 0.6) is 0 Å². The van der Waals surface area contributed by atoms with E-state index < -0.39 is 6.09 Å². The summed E-state index contributed by atoms with van der Waals surface area (Å²) in [6.45, 7) is 3.69. The molecule has 1 spiro atoms. The summed E-state index contributed by atoms with van der Waals surface area (Å²) < 4.78 is 10.4. The molecular formula is C11H17NO5. The average Bonchev–Trinajstić information content (AvgIpc) is 2.88. The number of rotatable bonds is 2. The van der Waals surface area contributed by atoms with Gasteiger partial charge in [0.1, 0.15) is 0 Å². The Kier molecular flexibility index (Phi) is 3.24. The van der Waals surface area contributed by atoms with Crippen molar-refractivity contribution in [2.45, 2.75) is 13.3 Å². The summed E-state index contributed by atoms with van der Waals surface area (Å²) in [4.78, 5) is 24.2. The molecule has 0 saturated carbocycles. The van der Waals surface area contributed by atoms with Gasteiger partial charge in [-0.25, -0.2) is 4.79 Å². The zero-order valence-electron chi connectivity index (χ0n) is 9.85. The van der Waals surface area contributed by atoms with Crippen molar-refractivity contribution < 1.29 is 24.2 Å². The molecule has 17 heavy (non-hydrogen) atoms. The van der Waals surface area contributed by atoms with Gasteiger partial charge in [-0.3, -0.25) is 4.79 Å². The molecule has 1 amide bonds. The molecule has 2 unspecified atom stereocenters. The first-order chi connectivity index (χ1) is 8.09. The Balaban J connectivity index is 2.16. The summed E-state index contributed by atoms with van der Waals surface area (Å²) in [7, 11) is 0. The van der Waals surface area contributed by atoms with E-state index in [1.165, 1.54) is 4.90 Å². The third-order valence-corrected chi connectivity index (χ3v) is 3.62. The van der Waals surface area contributed by atoms with E-state index in [1.54, 1.807) is 6.92 Å². The fraction of sp³-hybridized carbons (Fsp3) is 0.818. The van der Waals surface area contributed by atoms with Gasteiger partial charge in [-0.1, -0.05) is 0 Å². The summed E-state index contributed by atoms with van der Waals surface area (Å²) >= 11 is 0. The lowest BCUT2D eigenvalue weighted by atomic mass is 9.77. The van der Waals surface area contributed by atoms with Gasteiger partial charge < -0.3 is 19.5 Å². The molecular weight excluding hydrogens is 226 g/mol. The van der Waals surface area contributed by atoms with Crippen LogP contribution in [0.3, 0.4) is 0 Å². The Bertz CT molecular complexity index is 324. The molecule has 2 fully saturated rings. The standard InChI is InChI=1S/C11H17NO5/c1-2-17-9(13)8-5-12(10(14)15)6-11(8)3-4-16-7-11/h8H,2-7H2,1H3,(H,14,15). The third-order valence-electron chi connectivity index (χ3n) is 3.62. The van der Waals surface area contributed by atoms with Crippen molar-refractivity contribution in [2.24, 2.45) is 11.3 Å². The summed E-state index contributed by atoms with van der Waals surface area (Å²) in [6.07, 6.45) is -0.261. The fourth-order valence-electron chi connectivity index (χ4n) is 2.70. The number of carboxylic acid groups (broad SMARTS) is 1. The number of carbonyl (C=O) groups is 2. The second-order valence-corrected chi connectivity index (χ2v) is 4.63. The maximum absolute atomic E-state index is 11.9. The van der Waals surface area contributed by atoms with E-state index in [0.717, 1.165) is 6.42 Å². The smallest absolute Gasteiger partial charge is 0.407 e. The van der Waals surface area contributed by atoms with Gasteiger partial charge in [0.15, 0.2) is 0 Å². The number of carbonyl (C=O) groups excluding carboxylic acids is 1. The lowest BCUT2D eigenvalue weighted by Crippen LogP contribution is -2.36. The molecule has 2 aliphatic heterocycles. The number of hydrogen-bond acceptors (Lipinski definition) is 4. The minimum Gasteiger partial charge on any atom is -0.466 e. The first kappa shape index (κ1) is 12.2. The highest BCUT2D eigenvalue weighted by Gasteiger charge is 2.54. The molecule has 96 valence electrons. The van der Waals surface area contributed by atoms with Crippen molar-refractivity contribution in [1.29, 1.82) is 0 Å². The van der Waals surface area contributed by atoms with Crippen LogP contribution in [0.2, 0.25) is 0 Å². The first-order valence-electron chi connectivity index (χ1n) is 5.81. The van der Waals surface area contributed by atoms with Gasteiger partial charge in [0.05, 0.1) is 19.1 Å². The van der Waals surface area contributed by atoms with Crippen LogP contribution in [0.1, 0.15) is 13.3 Å². The van der Waals surface area contributed by atoms with Gasteiger partial charge in [0.2, 0.25) is 0 Å². The zero-order valence-corrected chi connectivity index (χ0v) is 9.85. The van der Waals surface area contributed by atoms with E-state index in [1.807, 2.05) is 0 Å². The highest BCUT2D eigenvalue weighted by Crippen LogP contribution is 2.43. The largest absolute Gasteiger partial charge is 0.466 e. The summed E-state index contributed by atoms with van der Waals surface area (Å²) in [5.74, 6) is -0.692. The molecule has 0 aliphatic carbocycles. The van der Waals surface area contributed by atoms with Crippen LogP contribution in [0.25, 0.3) is 0 Å². The second kappa shape index (κ2) is 4.52. The lowest BCUT2D eigenvalue weighted by Gasteiger charge is -2.26. The Morgan fingerprint density at radius 2 is 2.35 bits per heavy atom. The average molecular weight is 243 g/mol. The Hall–Kier alpha value is -1.30. The van der Waals surface area contributed by atoms with Crippen LogP contribution in [0.15, 0.2) is 0 Å². The van der Waals surface area contributed by atoms with E-state index in [9.17, 15) is 9.59 Å². The minimum absolute atomic E-state index is 0.220. The molecule has 0 radical (unpaired) electrons. The van der Waals surface area contributed by atoms with E-state index in [0.29, 0.717) is 26.4 Å². The van der Waals surface area contributed by atoms with Crippen molar-refractivity contribution in [3.8, 4) is 0 Å². The van der Waals surface area contributed by atoms with E-state index in [4.69, 9.17) is 14.6 Å². The monoisotopic (exact) mass is 243 g/mol. The van der Waals surface area contributed by atoms with Gasteiger partial charge in [0.25, 0.3) is 0 Å². The second-order valence-electron chi connectivity index (χ2n) is 4.63. The predicted octanol–water partition coefficient (Wildman–Crippen LogP) is 0.566. The molecule has 0 aromatic heterocycles. The fourth-order valence-corrected chi connectivity index (χ4v) is 2.70. The quantitative estimate of drug-likeness (QED) is 0.717. The van der Waals surface area contributed by atoms with Crippen LogP contribution in [0.4, 0.5) is 4.79 Å².